The van der Waals surface area contributed by atoms with Crippen LogP contribution in [0.15, 0.2) is 0 Å². The summed E-state index contributed by atoms with van der Waals surface area (Å²) in [6, 6.07) is 0. The highest BCUT2D eigenvalue weighted by atomic mass is 35.5. The van der Waals surface area contributed by atoms with Crippen molar-refractivity contribution in [2.75, 3.05) is 5.32 Å². The number of ether oxygens (including phenoxy) is 2. The lowest BCUT2D eigenvalue weighted by atomic mass is 10.1. The second kappa shape index (κ2) is 6.97. The molecule has 24 heavy (non-hydrogen) atoms. The Balaban J connectivity index is 3.14. The first-order valence-electron chi connectivity index (χ1n) is 7.61. The molecule has 0 aliphatic rings. The normalized spacial score (nSPS) is 11.9. The largest absolute Gasteiger partial charge is 0.456 e. The van der Waals surface area contributed by atoms with Gasteiger partial charge in [-0.15, -0.1) is 0 Å². The van der Waals surface area contributed by atoms with Crippen molar-refractivity contribution in [2.24, 2.45) is 0 Å². The summed E-state index contributed by atoms with van der Waals surface area (Å²) in [5.41, 5.74) is 0.127. The maximum Gasteiger partial charge on any atom is 0.413 e. The number of aromatic nitrogens is 1. The molecule has 0 fully saturated rings. The van der Waals surface area contributed by atoms with Gasteiger partial charge >= 0.3 is 12.1 Å². The van der Waals surface area contributed by atoms with E-state index in [0.717, 1.165) is 0 Å². The van der Waals surface area contributed by atoms with E-state index in [2.05, 4.69) is 10.3 Å². The predicted octanol–water partition coefficient (Wildman–Crippen LogP) is 4.65. The molecule has 7 heteroatoms. The number of pyridine rings is 1. The van der Waals surface area contributed by atoms with Crippen molar-refractivity contribution in [2.45, 2.75) is 66.6 Å². The number of esters is 1. The van der Waals surface area contributed by atoms with Crippen LogP contribution in [-0.2, 0) is 9.47 Å². The Labute approximate surface area is 147 Å². The number of carbonyl (C=O) groups excluding carboxylic acids is 2. The summed E-state index contributed by atoms with van der Waals surface area (Å²) < 4.78 is 10.5. The number of rotatable bonds is 2. The summed E-state index contributed by atoms with van der Waals surface area (Å²) in [7, 11) is 0. The third-order valence-electron chi connectivity index (χ3n) is 2.93. The average Bonchev–Trinajstić information content (AvgIpc) is 2.30. The molecular formula is C17H25ClN2O4. The molecule has 0 atom stereocenters. The van der Waals surface area contributed by atoms with Gasteiger partial charge in [-0.3, -0.25) is 5.32 Å². The van der Waals surface area contributed by atoms with Crippen molar-refractivity contribution < 1.29 is 19.1 Å². The van der Waals surface area contributed by atoms with E-state index in [-0.39, 0.29) is 16.5 Å². The van der Waals surface area contributed by atoms with Crippen LogP contribution in [0.3, 0.4) is 0 Å². The van der Waals surface area contributed by atoms with Gasteiger partial charge in [0.1, 0.15) is 27.7 Å². The smallest absolute Gasteiger partial charge is 0.413 e. The van der Waals surface area contributed by atoms with Crippen LogP contribution in [0.2, 0.25) is 5.15 Å². The first-order chi connectivity index (χ1) is 10.7. The van der Waals surface area contributed by atoms with Crippen LogP contribution in [0.25, 0.3) is 0 Å². The van der Waals surface area contributed by atoms with Crippen LogP contribution in [-0.4, -0.2) is 28.2 Å². The quantitative estimate of drug-likeness (QED) is 0.616. The van der Waals surface area contributed by atoms with Gasteiger partial charge in [0.2, 0.25) is 0 Å². The maximum atomic E-state index is 12.3. The van der Waals surface area contributed by atoms with Crippen LogP contribution < -0.4 is 5.32 Å². The summed E-state index contributed by atoms with van der Waals surface area (Å²) in [5.74, 6) is -0.302. The summed E-state index contributed by atoms with van der Waals surface area (Å²) in [4.78, 5) is 28.3. The van der Waals surface area contributed by atoms with E-state index in [1.54, 1.807) is 55.4 Å². The molecule has 1 aromatic rings. The van der Waals surface area contributed by atoms with Gasteiger partial charge in [-0.25, -0.2) is 14.6 Å². The number of anilines is 1. The third kappa shape index (κ3) is 5.67. The maximum absolute atomic E-state index is 12.3. The van der Waals surface area contributed by atoms with E-state index in [9.17, 15) is 9.59 Å². The minimum Gasteiger partial charge on any atom is -0.456 e. The van der Waals surface area contributed by atoms with E-state index in [4.69, 9.17) is 21.1 Å². The highest BCUT2D eigenvalue weighted by Gasteiger charge is 2.26. The fraction of sp³-hybridized carbons (Fsp3) is 0.588. The number of hydrogen-bond acceptors (Lipinski definition) is 5. The topological polar surface area (TPSA) is 77.5 Å². The molecule has 0 saturated heterocycles. The monoisotopic (exact) mass is 356 g/mol. The molecule has 1 heterocycles. The van der Waals surface area contributed by atoms with Gasteiger partial charge in [-0.05, 0) is 66.5 Å². The Morgan fingerprint density at radius 3 is 1.92 bits per heavy atom. The van der Waals surface area contributed by atoms with Crippen molar-refractivity contribution in [3.8, 4) is 0 Å². The number of amides is 1. The highest BCUT2D eigenvalue weighted by molar-refractivity contribution is 6.32. The van der Waals surface area contributed by atoms with Crippen molar-refractivity contribution in [3.05, 3.63) is 21.8 Å². The summed E-state index contributed by atoms with van der Waals surface area (Å²) in [5, 5.41) is 2.52. The second-order valence-electron chi connectivity index (χ2n) is 7.51. The SMILES string of the molecule is Cc1c(NC(=O)OC(C)(C)C)nc(Cl)c(C(=O)OC(C)(C)C)c1C. The van der Waals surface area contributed by atoms with Crippen molar-refractivity contribution in [1.29, 1.82) is 0 Å². The number of carbonyl (C=O) groups is 2. The third-order valence-corrected chi connectivity index (χ3v) is 3.20. The molecule has 0 unspecified atom stereocenters. The molecule has 1 aromatic heterocycles. The number of halogens is 1. The molecule has 0 aliphatic carbocycles. The fourth-order valence-corrected chi connectivity index (χ4v) is 2.15. The molecule has 1 amide bonds. The van der Waals surface area contributed by atoms with Crippen LogP contribution in [0.1, 0.15) is 63.0 Å². The van der Waals surface area contributed by atoms with E-state index < -0.39 is 23.3 Å². The molecule has 0 radical (unpaired) electrons. The molecule has 0 saturated carbocycles. The summed E-state index contributed by atoms with van der Waals surface area (Å²) >= 11 is 6.14. The zero-order valence-electron chi connectivity index (χ0n) is 15.5. The van der Waals surface area contributed by atoms with Gasteiger partial charge in [-0.2, -0.15) is 0 Å². The predicted molar refractivity (Wildman–Crippen MR) is 93.7 cm³/mol. The fourth-order valence-electron chi connectivity index (χ4n) is 1.85. The van der Waals surface area contributed by atoms with Crippen molar-refractivity contribution in [3.63, 3.8) is 0 Å². The molecule has 0 aromatic carbocycles. The molecule has 0 aliphatic heterocycles. The van der Waals surface area contributed by atoms with Crippen LogP contribution in [0.4, 0.5) is 10.6 Å². The zero-order valence-corrected chi connectivity index (χ0v) is 16.2. The van der Waals surface area contributed by atoms with E-state index in [0.29, 0.717) is 11.1 Å². The molecular weight excluding hydrogens is 332 g/mol. The molecule has 6 nitrogen and oxygen atoms in total. The average molecular weight is 357 g/mol. The molecule has 134 valence electrons. The lowest BCUT2D eigenvalue weighted by Gasteiger charge is -2.22. The van der Waals surface area contributed by atoms with Crippen LogP contribution in [0.5, 0.6) is 0 Å². The van der Waals surface area contributed by atoms with Gasteiger partial charge < -0.3 is 9.47 Å². The van der Waals surface area contributed by atoms with E-state index in [1.165, 1.54) is 0 Å². The van der Waals surface area contributed by atoms with Crippen molar-refractivity contribution >= 4 is 29.5 Å². The van der Waals surface area contributed by atoms with Crippen molar-refractivity contribution in [1.82, 2.24) is 4.98 Å². The highest BCUT2D eigenvalue weighted by Crippen LogP contribution is 2.28. The lowest BCUT2D eigenvalue weighted by molar-refractivity contribution is 0.00683. The van der Waals surface area contributed by atoms with Gasteiger partial charge in [0.25, 0.3) is 0 Å². The van der Waals surface area contributed by atoms with Gasteiger partial charge in [0.05, 0.1) is 0 Å². The minimum absolute atomic E-state index is 0.0293. The number of nitrogens with zero attached hydrogens (tertiary/aromatic N) is 1. The first kappa shape index (κ1) is 20.2. The van der Waals surface area contributed by atoms with Crippen LogP contribution in [0, 0.1) is 13.8 Å². The number of hydrogen-bond donors (Lipinski definition) is 1. The summed E-state index contributed by atoms with van der Waals surface area (Å²) in [6.45, 7) is 14.1. The second-order valence-corrected chi connectivity index (χ2v) is 7.86. The minimum atomic E-state index is -0.645. The van der Waals surface area contributed by atoms with Gasteiger partial charge in [0.15, 0.2) is 0 Å². The molecule has 1 N–H and O–H groups in total. The Hall–Kier alpha value is -1.82. The standard InChI is InChI=1S/C17H25ClN2O4/c1-9-10(2)13(20-15(22)24-17(6,7)8)19-12(18)11(9)14(21)23-16(3,4)5/h1-8H3,(H,19,20,22). The summed E-state index contributed by atoms with van der Waals surface area (Å²) in [6.07, 6.45) is -0.640. The van der Waals surface area contributed by atoms with Gasteiger partial charge in [0, 0.05) is 0 Å². The van der Waals surface area contributed by atoms with Gasteiger partial charge in [-0.1, -0.05) is 11.6 Å². The first-order valence-corrected chi connectivity index (χ1v) is 7.99. The molecule has 0 spiro atoms. The van der Waals surface area contributed by atoms with Crippen LogP contribution >= 0.6 is 11.6 Å². The Morgan fingerprint density at radius 1 is 0.958 bits per heavy atom. The molecule has 0 bridgehead atoms. The molecule has 1 rings (SSSR count). The Bertz CT molecular complexity index is 658. The number of nitrogens with one attached hydrogen (secondary N) is 1. The lowest BCUT2D eigenvalue weighted by Crippen LogP contribution is -2.28. The van der Waals surface area contributed by atoms with E-state index in [1.807, 2.05) is 0 Å². The van der Waals surface area contributed by atoms with E-state index >= 15 is 0 Å². The zero-order chi connectivity index (χ0) is 18.9. The Kier molecular flexibility index (Phi) is 5.87. The Morgan fingerprint density at radius 2 is 1.46 bits per heavy atom.